The molecule has 0 radical (unpaired) electrons. The molecule has 25 heavy (non-hydrogen) atoms. The van der Waals surface area contributed by atoms with Crippen molar-refractivity contribution >= 4 is 17.0 Å². The summed E-state index contributed by atoms with van der Waals surface area (Å²) in [4.78, 5) is 11.8. The molecule has 1 amide bonds. The van der Waals surface area contributed by atoms with E-state index in [0.717, 1.165) is 19.4 Å². The summed E-state index contributed by atoms with van der Waals surface area (Å²) in [5.41, 5.74) is 7.34. The van der Waals surface area contributed by atoms with Crippen molar-refractivity contribution in [1.29, 1.82) is 0 Å². The summed E-state index contributed by atoms with van der Waals surface area (Å²) >= 11 is 0. The Morgan fingerprint density at radius 2 is 1.96 bits per heavy atom. The van der Waals surface area contributed by atoms with Gasteiger partial charge in [-0.1, -0.05) is 52.8 Å². The lowest BCUT2D eigenvalue weighted by molar-refractivity contribution is -0.144. The van der Waals surface area contributed by atoms with Crippen molar-refractivity contribution in [3.8, 4) is 0 Å². The summed E-state index contributed by atoms with van der Waals surface area (Å²) in [6, 6.07) is 10.8. The number of ether oxygens (including phenoxy) is 1. The van der Waals surface area contributed by atoms with E-state index in [-0.39, 0.29) is 17.3 Å². The van der Waals surface area contributed by atoms with Crippen molar-refractivity contribution in [3.63, 3.8) is 0 Å². The number of para-hydroxylation sites is 1. The number of aryl methyl sites for hydroxylation is 1. The van der Waals surface area contributed by atoms with Crippen LogP contribution in [0.1, 0.15) is 46.7 Å². The molecule has 1 aromatic carbocycles. The molecule has 0 spiro atoms. The van der Waals surface area contributed by atoms with Gasteiger partial charge in [-0.05, 0) is 36.3 Å². The van der Waals surface area contributed by atoms with Gasteiger partial charge in [0.25, 0.3) is 0 Å². The molecule has 1 aliphatic heterocycles. The molecule has 2 N–H and O–H groups in total. The molecule has 0 unspecified atom stereocenters. The number of benzene rings is 1. The number of rotatable bonds is 3. The minimum absolute atomic E-state index is 0.181. The van der Waals surface area contributed by atoms with Crippen molar-refractivity contribution in [2.24, 2.45) is 23.0 Å². The Bertz CT molecular complexity index is 785. The summed E-state index contributed by atoms with van der Waals surface area (Å²) < 4.78 is 8.33. The van der Waals surface area contributed by atoms with Crippen LogP contribution in [0.15, 0.2) is 30.3 Å². The first kappa shape index (κ1) is 17.8. The van der Waals surface area contributed by atoms with E-state index in [4.69, 9.17) is 10.5 Å². The molecule has 4 nitrogen and oxygen atoms in total. The quantitative estimate of drug-likeness (QED) is 0.876. The molecule has 0 saturated carbocycles. The molecule has 136 valence electrons. The van der Waals surface area contributed by atoms with Gasteiger partial charge in [-0.25, -0.2) is 4.79 Å². The van der Waals surface area contributed by atoms with Gasteiger partial charge in [0.15, 0.2) is 0 Å². The Labute approximate surface area is 150 Å². The van der Waals surface area contributed by atoms with Gasteiger partial charge in [-0.3, -0.25) is 0 Å². The molecule has 1 aromatic heterocycles. The van der Waals surface area contributed by atoms with Gasteiger partial charge in [0.05, 0.1) is 0 Å². The molecule has 2 heterocycles. The first-order valence-electron chi connectivity index (χ1n) is 9.22. The minimum atomic E-state index is -0.672. The van der Waals surface area contributed by atoms with Gasteiger partial charge in [0, 0.05) is 29.1 Å². The summed E-state index contributed by atoms with van der Waals surface area (Å²) in [6.45, 7) is 11.7. The van der Waals surface area contributed by atoms with Crippen molar-refractivity contribution < 1.29 is 9.53 Å². The standard InChI is InChI=1S/C21H30N2O2/c1-14(2)21(20(3,4)5,25-19(22)24)16-10-11-23-17(13-16)12-15-8-6-7-9-18(15)23/h6-9,12,14,16H,10-11,13H2,1-5H3,(H2,22,24)/t16-,21+/m0/s1. The maximum Gasteiger partial charge on any atom is 0.405 e. The highest BCUT2D eigenvalue weighted by molar-refractivity contribution is 5.81. The van der Waals surface area contributed by atoms with E-state index >= 15 is 0 Å². The fourth-order valence-electron chi connectivity index (χ4n) is 5.18. The fourth-order valence-corrected chi connectivity index (χ4v) is 5.18. The van der Waals surface area contributed by atoms with Crippen molar-refractivity contribution in [2.45, 2.75) is 59.6 Å². The maximum atomic E-state index is 11.8. The number of hydrogen-bond acceptors (Lipinski definition) is 2. The molecule has 1 aliphatic rings. The highest BCUT2D eigenvalue weighted by atomic mass is 16.6. The normalized spacial score (nSPS) is 20.3. The first-order valence-corrected chi connectivity index (χ1v) is 9.22. The van der Waals surface area contributed by atoms with Crippen LogP contribution in [-0.4, -0.2) is 16.3 Å². The Hall–Kier alpha value is -1.97. The number of fused-ring (bicyclic) bond motifs is 3. The van der Waals surface area contributed by atoms with Crippen molar-refractivity contribution in [2.75, 3.05) is 0 Å². The van der Waals surface area contributed by atoms with Gasteiger partial charge in [0.2, 0.25) is 0 Å². The molecule has 0 bridgehead atoms. The Morgan fingerprint density at radius 1 is 1.28 bits per heavy atom. The molecule has 2 atom stereocenters. The van der Waals surface area contributed by atoms with Crippen LogP contribution in [0, 0.1) is 17.3 Å². The molecular weight excluding hydrogens is 312 g/mol. The van der Waals surface area contributed by atoms with Crippen LogP contribution in [0.2, 0.25) is 0 Å². The van der Waals surface area contributed by atoms with E-state index in [0.29, 0.717) is 0 Å². The number of carbonyl (C=O) groups excluding carboxylic acids is 1. The summed E-state index contributed by atoms with van der Waals surface area (Å²) in [5.74, 6) is 0.428. The van der Waals surface area contributed by atoms with E-state index in [9.17, 15) is 4.79 Å². The molecule has 3 rings (SSSR count). The highest BCUT2D eigenvalue weighted by Gasteiger charge is 2.54. The number of hydrogen-bond donors (Lipinski definition) is 1. The molecular formula is C21H30N2O2. The summed E-state index contributed by atoms with van der Waals surface area (Å²) in [5, 5.41) is 1.28. The second-order valence-corrected chi connectivity index (χ2v) is 8.65. The SMILES string of the molecule is CC(C)[C@@](OC(N)=O)([C@H]1CCn2c(cc3ccccc32)C1)C(C)(C)C. The van der Waals surface area contributed by atoms with Crippen molar-refractivity contribution in [1.82, 2.24) is 4.57 Å². The lowest BCUT2D eigenvalue weighted by Crippen LogP contribution is -2.58. The van der Waals surface area contributed by atoms with Crippen LogP contribution in [0.4, 0.5) is 4.79 Å². The third-order valence-corrected chi connectivity index (χ3v) is 5.96. The third-order valence-electron chi connectivity index (χ3n) is 5.96. The average Bonchev–Trinajstić information content (AvgIpc) is 2.88. The number of nitrogens with two attached hydrogens (primary N) is 1. The van der Waals surface area contributed by atoms with Gasteiger partial charge < -0.3 is 15.0 Å². The maximum absolute atomic E-state index is 11.8. The monoisotopic (exact) mass is 342 g/mol. The zero-order valence-corrected chi connectivity index (χ0v) is 16.0. The van der Waals surface area contributed by atoms with Crippen LogP contribution in [0.5, 0.6) is 0 Å². The predicted octanol–water partition coefficient (Wildman–Crippen LogP) is 4.74. The van der Waals surface area contributed by atoms with Gasteiger partial charge in [0.1, 0.15) is 5.60 Å². The van der Waals surface area contributed by atoms with Crippen LogP contribution >= 0.6 is 0 Å². The van der Waals surface area contributed by atoms with E-state index in [1.54, 1.807) is 0 Å². The second kappa shape index (κ2) is 6.08. The summed E-state index contributed by atoms with van der Waals surface area (Å²) in [6.07, 6.45) is 1.21. The fraction of sp³-hybridized carbons (Fsp3) is 0.571. The first-order chi connectivity index (χ1) is 11.7. The van der Waals surface area contributed by atoms with Crippen LogP contribution in [0.3, 0.4) is 0 Å². The van der Waals surface area contributed by atoms with Gasteiger partial charge >= 0.3 is 6.09 Å². The number of nitrogens with zero attached hydrogens (tertiary/aromatic N) is 1. The highest BCUT2D eigenvalue weighted by Crippen LogP contribution is 2.49. The van der Waals surface area contributed by atoms with Crippen LogP contribution in [0.25, 0.3) is 10.9 Å². The molecule has 4 heteroatoms. The average molecular weight is 342 g/mol. The number of aromatic nitrogens is 1. The minimum Gasteiger partial charge on any atom is -0.442 e. The Kier molecular flexibility index (Phi) is 4.34. The molecule has 0 saturated heterocycles. The van der Waals surface area contributed by atoms with E-state index in [1.165, 1.54) is 16.6 Å². The lowest BCUT2D eigenvalue weighted by atomic mass is 9.60. The Morgan fingerprint density at radius 3 is 2.56 bits per heavy atom. The molecule has 0 fully saturated rings. The largest absolute Gasteiger partial charge is 0.442 e. The van der Waals surface area contributed by atoms with Gasteiger partial charge in [-0.15, -0.1) is 0 Å². The third kappa shape index (κ3) is 2.82. The summed E-state index contributed by atoms with van der Waals surface area (Å²) in [7, 11) is 0. The van der Waals surface area contributed by atoms with Crippen LogP contribution in [-0.2, 0) is 17.7 Å². The zero-order chi connectivity index (χ0) is 18.4. The molecule has 2 aromatic rings. The number of amides is 1. The van der Waals surface area contributed by atoms with Crippen molar-refractivity contribution in [3.05, 3.63) is 36.0 Å². The lowest BCUT2D eigenvalue weighted by Gasteiger charge is -2.52. The smallest absolute Gasteiger partial charge is 0.405 e. The topological polar surface area (TPSA) is 57.2 Å². The number of carbonyl (C=O) groups is 1. The van der Waals surface area contributed by atoms with Gasteiger partial charge in [-0.2, -0.15) is 0 Å². The number of primary amides is 1. The van der Waals surface area contributed by atoms with E-state index in [2.05, 4.69) is 69.5 Å². The molecule has 0 aliphatic carbocycles. The zero-order valence-electron chi connectivity index (χ0n) is 16.0. The van der Waals surface area contributed by atoms with E-state index < -0.39 is 11.7 Å². The van der Waals surface area contributed by atoms with E-state index in [1.807, 2.05) is 0 Å². The second-order valence-electron chi connectivity index (χ2n) is 8.65. The predicted molar refractivity (Wildman–Crippen MR) is 101 cm³/mol. The Balaban J connectivity index is 2.05. The van der Waals surface area contributed by atoms with Crippen LogP contribution < -0.4 is 5.73 Å².